The van der Waals surface area contributed by atoms with Gasteiger partial charge < -0.3 is 4.90 Å². The molecular formula is C23H21N5O. The number of hydrazone groups is 1. The largest absolute Gasteiger partial charge is 0.369 e. The van der Waals surface area contributed by atoms with Gasteiger partial charge in [-0.15, -0.1) is 0 Å². The number of rotatable bonds is 7. The molecule has 1 aliphatic rings. The molecule has 0 aliphatic carbocycles. The van der Waals surface area contributed by atoms with Gasteiger partial charge in [0.1, 0.15) is 0 Å². The van der Waals surface area contributed by atoms with Crippen LogP contribution in [0, 0.1) is 22.7 Å². The third-order valence-corrected chi connectivity index (χ3v) is 4.62. The van der Waals surface area contributed by atoms with E-state index in [2.05, 4.69) is 17.2 Å². The topological polar surface area (TPSA) is 83.5 Å². The monoisotopic (exact) mass is 383 g/mol. The molecule has 0 spiro atoms. The first-order valence-electron chi connectivity index (χ1n) is 9.39. The van der Waals surface area contributed by atoms with Crippen LogP contribution in [-0.2, 0) is 4.79 Å². The molecule has 3 rings (SSSR count). The van der Waals surface area contributed by atoms with Crippen LogP contribution in [0.4, 0.5) is 11.4 Å². The summed E-state index contributed by atoms with van der Waals surface area (Å²) >= 11 is 0. The molecule has 0 saturated heterocycles. The number of hydrogen-bond acceptors (Lipinski definition) is 5. The Morgan fingerprint density at radius 1 is 1.00 bits per heavy atom. The lowest BCUT2D eigenvalue weighted by Gasteiger charge is -2.22. The maximum absolute atomic E-state index is 12.8. The highest BCUT2D eigenvalue weighted by atomic mass is 16.2. The van der Waals surface area contributed by atoms with Crippen LogP contribution in [-0.4, -0.2) is 24.7 Å². The zero-order valence-corrected chi connectivity index (χ0v) is 16.2. The fraction of sp³-hybridized carbons (Fsp3) is 0.217. The van der Waals surface area contributed by atoms with E-state index >= 15 is 0 Å². The summed E-state index contributed by atoms with van der Waals surface area (Å²) < 4.78 is 0. The SMILES string of the molecule is CC1=NN(c2ccccc2)C(=O)C1=Cc1ccc(N(CCC#N)CCC#N)cc1. The first-order chi connectivity index (χ1) is 14.1. The summed E-state index contributed by atoms with van der Waals surface area (Å²) in [6, 6.07) is 21.4. The average molecular weight is 383 g/mol. The fourth-order valence-electron chi connectivity index (χ4n) is 3.12. The van der Waals surface area contributed by atoms with Gasteiger partial charge in [0.15, 0.2) is 0 Å². The number of nitrogens with zero attached hydrogens (tertiary/aromatic N) is 5. The molecule has 6 heteroatoms. The van der Waals surface area contributed by atoms with Gasteiger partial charge in [0.05, 0.1) is 42.0 Å². The number of anilines is 2. The van der Waals surface area contributed by atoms with E-state index in [0.29, 0.717) is 37.2 Å². The van der Waals surface area contributed by atoms with Crippen molar-refractivity contribution >= 4 is 29.1 Å². The predicted molar refractivity (Wildman–Crippen MR) is 114 cm³/mol. The molecule has 6 nitrogen and oxygen atoms in total. The third-order valence-electron chi connectivity index (χ3n) is 4.62. The van der Waals surface area contributed by atoms with Gasteiger partial charge in [-0.3, -0.25) is 4.79 Å². The minimum atomic E-state index is -0.151. The molecule has 0 bridgehead atoms. The molecule has 0 saturated carbocycles. The minimum absolute atomic E-state index is 0.151. The van der Waals surface area contributed by atoms with Crippen molar-refractivity contribution in [2.45, 2.75) is 19.8 Å². The molecule has 0 atom stereocenters. The molecule has 2 aromatic rings. The Balaban J connectivity index is 1.79. The lowest BCUT2D eigenvalue weighted by Crippen LogP contribution is -2.25. The zero-order chi connectivity index (χ0) is 20.6. The highest BCUT2D eigenvalue weighted by Gasteiger charge is 2.28. The molecule has 0 aromatic heterocycles. The number of benzene rings is 2. The molecule has 1 aliphatic heterocycles. The van der Waals surface area contributed by atoms with Crippen LogP contribution < -0.4 is 9.91 Å². The molecule has 1 heterocycles. The maximum Gasteiger partial charge on any atom is 0.280 e. The van der Waals surface area contributed by atoms with Crippen LogP contribution in [0.25, 0.3) is 6.08 Å². The van der Waals surface area contributed by atoms with Crippen molar-refractivity contribution < 1.29 is 4.79 Å². The summed E-state index contributed by atoms with van der Waals surface area (Å²) in [5.74, 6) is -0.151. The molecule has 0 radical (unpaired) electrons. The highest BCUT2D eigenvalue weighted by Crippen LogP contribution is 2.25. The van der Waals surface area contributed by atoms with Crippen LogP contribution in [0.2, 0.25) is 0 Å². The van der Waals surface area contributed by atoms with E-state index < -0.39 is 0 Å². The number of nitriles is 2. The average Bonchev–Trinajstić information content (AvgIpc) is 3.03. The Labute approximate surface area is 170 Å². The van der Waals surface area contributed by atoms with Gasteiger partial charge in [0.25, 0.3) is 5.91 Å². The number of amides is 1. The Hall–Kier alpha value is -3.90. The van der Waals surface area contributed by atoms with E-state index in [0.717, 1.165) is 16.9 Å². The Kier molecular flexibility index (Phi) is 6.40. The molecule has 144 valence electrons. The predicted octanol–water partition coefficient (Wildman–Crippen LogP) is 4.13. The fourth-order valence-corrected chi connectivity index (χ4v) is 3.12. The normalized spacial score (nSPS) is 14.4. The number of carbonyl (C=O) groups excluding carboxylic acids is 1. The third kappa shape index (κ3) is 4.69. The van der Waals surface area contributed by atoms with E-state index in [9.17, 15) is 4.79 Å². The van der Waals surface area contributed by atoms with Crippen LogP contribution in [0.5, 0.6) is 0 Å². The van der Waals surface area contributed by atoms with E-state index in [1.54, 1.807) is 0 Å². The van der Waals surface area contributed by atoms with Gasteiger partial charge in [0.2, 0.25) is 0 Å². The van der Waals surface area contributed by atoms with Gasteiger partial charge in [-0.2, -0.15) is 20.6 Å². The molecule has 0 N–H and O–H groups in total. The van der Waals surface area contributed by atoms with Gasteiger partial charge in [-0.25, -0.2) is 0 Å². The van der Waals surface area contributed by atoms with E-state index in [1.165, 1.54) is 5.01 Å². The standard InChI is InChI=1S/C23H21N5O/c1-18-22(23(29)28(26-18)21-7-3-2-4-8-21)17-19-9-11-20(12-10-19)27(15-5-13-24)16-6-14-25/h2-4,7-12,17H,5-6,15-16H2,1H3. The van der Waals surface area contributed by atoms with Crippen molar-refractivity contribution in [3.05, 3.63) is 65.7 Å². The van der Waals surface area contributed by atoms with E-state index in [4.69, 9.17) is 10.5 Å². The van der Waals surface area contributed by atoms with Gasteiger partial charge in [0, 0.05) is 18.8 Å². The van der Waals surface area contributed by atoms with Crippen molar-refractivity contribution in [2.24, 2.45) is 5.10 Å². The van der Waals surface area contributed by atoms with Crippen LogP contribution in [0.3, 0.4) is 0 Å². The number of hydrogen-bond donors (Lipinski definition) is 0. The van der Waals surface area contributed by atoms with Crippen molar-refractivity contribution in [3.63, 3.8) is 0 Å². The maximum atomic E-state index is 12.8. The zero-order valence-electron chi connectivity index (χ0n) is 16.2. The van der Waals surface area contributed by atoms with Crippen molar-refractivity contribution in [1.29, 1.82) is 10.5 Å². The minimum Gasteiger partial charge on any atom is -0.369 e. The Morgan fingerprint density at radius 2 is 1.62 bits per heavy atom. The number of para-hydroxylation sites is 1. The van der Waals surface area contributed by atoms with Crippen LogP contribution in [0.1, 0.15) is 25.3 Å². The molecule has 0 unspecified atom stereocenters. The second kappa shape index (κ2) is 9.34. The summed E-state index contributed by atoms with van der Waals surface area (Å²) in [7, 11) is 0. The first-order valence-corrected chi connectivity index (χ1v) is 9.39. The molecule has 0 fully saturated rings. The quantitative estimate of drug-likeness (QED) is 0.673. The van der Waals surface area contributed by atoms with Crippen LogP contribution in [0.15, 0.2) is 65.3 Å². The van der Waals surface area contributed by atoms with Gasteiger partial charge in [-0.1, -0.05) is 30.3 Å². The second-order valence-electron chi connectivity index (χ2n) is 6.59. The lowest BCUT2D eigenvalue weighted by molar-refractivity contribution is -0.114. The van der Waals surface area contributed by atoms with E-state index in [1.807, 2.05) is 72.5 Å². The second-order valence-corrected chi connectivity index (χ2v) is 6.59. The summed E-state index contributed by atoms with van der Waals surface area (Å²) in [6.07, 6.45) is 2.64. The van der Waals surface area contributed by atoms with Gasteiger partial charge in [-0.05, 0) is 42.8 Å². The molecule has 29 heavy (non-hydrogen) atoms. The Morgan fingerprint density at radius 3 is 2.21 bits per heavy atom. The summed E-state index contributed by atoms with van der Waals surface area (Å²) in [5.41, 5.74) is 3.81. The van der Waals surface area contributed by atoms with Gasteiger partial charge >= 0.3 is 0 Å². The van der Waals surface area contributed by atoms with Crippen molar-refractivity contribution in [1.82, 2.24) is 0 Å². The molecule has 1 amide bonds. The Bertz CT molecular complexity index is 992. The lowest BCUT2D eigenvalue weighted by atomic mass is 10.1. The van der Waals surface area contributed by atoms with Crippen LogP contribution >= 0.6 is 0 Å². The summed E-state index contributed by atoms with van der Waals surface area (Å²) in [5, 5.41) is 23.5. The van der Waals surface area contributed by atoms with Crippen molar-refractivity contribution in [3.8, 4) is 12.1 Å². The first kappa shape index (κ1) is 19.9. The number of carbonyl (C=O) groups is 1. The van der Waals surface area contributed by atoms with Crippen molar-refractivity contribution in [2.75, 3.05) is 23.0 Å². The molecule has 2 aromatic carbocycles. The molecular weight excluding hydrogens is 362 g/mol. The summed E-state index contributed by atoms with van der Waals surface area (Å²) in [6.45, 7) is 2.98. The summed E-state index contributed by atoms with van der Waals surface area (Å²) in [4.78, 5) is 14.8. The van der Waals surface area contributed by atoms with E-state index in [-0.39, 0.29) is 5.91 Å². The smallest absolute Gasteiger partial charge is 0.280 e. The highest BCUT2D eigenvalue weighted by molar-refractivity contribution is 6.32.